The number of piperidine rings is 1. The van der Waals surface area contributed by atoms with Gasteiger partial charge in [-0.25, -0.2) is 0 Å². The molecule has 1 amide bonds. The largest absolute Gasteiger partial charge is 0.369 e. The van der Waals surface area contributed by atoms with Crippen LogP contribution in [-0.4, -0.2) is 56.5 Å². The molecular formula is C19H30IN5O. The molecule has 26 heavy (non-hydrogen) atoms. The summed E-state index contributed by atoms with van der Waals surface area (Å²) in [4.78, 5) is 20.4. The van der Waals surface area contributed by atoms with Crippen LogP contribution in [0.15, 0.2) is 29.3 Å². The Morgan fingerprint density at radius 3 is 2.92 bits per heavy atom. The van der Waals surface area contributed by atoms with Crippen LogP contribution in [0.3, 0.4) is 0 Å². The van der Waals surface area contributed by atoms with Crippen molar-refractivity contribution in [1.29, 1.82) is 0 Å². The molecule has 2 heterocycles. The third-order valence-electron chi connectivity index (χ3n) is 5.20. The lowest BCUT2D eigenvalue weighted by Crippen LogP contribution is -2.43. The molecule has 144 valence electrons. The van der Waals surface area contributed by atoms with Crippen molar-refractivity contribution in [3.8, 4) is 0 Å². The van der Waals surface area contributed by atoms with E-state index >= 15 is 0 Å². The number of halogens is 1. The van der Waals surface area contributed by atoms with E-state index in [1.807, 2.05) is 7.05 Å². The summed E-state index contributed by atoms with van der Waals surface area (Å²) in [7, 11) is 1.84. The van der Waals surface area contributed by atoms with E-state index in [-0.39, 0.29) is 35.8 Å². The third kappa shape index (κ3) is 5.09. The molecule has 2 aliphatic rings. The van der Waals surface area contributed by atoms with Crippen LogP contribution in [0.25, 0.3) is 0 Å². The summed E-state index contributed by atoms with van der Waals surface area (Å²) in [6, 6.07) is 8.52. The van der Waals surface area contributed by atoms with Crippen molar-refractivity contribution in [2.45, 2.75) is 25.7 Å². The van der Waals surface area contributed by atoms with Crippen LogP contribution < -0.4 is 16.0 Å². The maximum absolute atomic E-state index is 11.4. The van der Waals surface area contributed by atoms with Crippen LogP contribution in [0, 0.1) is 5.92 Å². The summed E-state index contributed by atoms with van der Waals surface area (Å²) in [6.07, 6.45) is 4.09. The molecule has 1 atom stereocenters. The summed E-state index contributed by atoms with van der Waals surface area (Å²) in [6.45, 7) is 4.72. The SMILES string of the molecule is CN=C(NCCCN1CCCC(C(N)=O)C1)N1CCc2ccccc21.I. The van der Waals surface area contributed by atoms with Crippen molar-refractivity contribution in [2.75, 3.05) is 44.7 Å². The second-order valence-electron chi connectivity index (χ2n) is 6.90. The summed E-state index contributed by atoms with van der Waals surface area (Å²) in [5.41, 5.74) is 8.10. The molecule has 1 fully saturated rings. The highest BCUT2D eigenvalue weighted by atomic mass is 127. The normalized spacial score (nSPS) is 20.4. The van der Waals surface area contributed by atoms with Gasteiger partial charge in [0.15, 0.2) is 5.96 Å². The smallest absolute Gasteiger partial charge is 0.221 e. The molecule has 0 saturated carbocycles. The average molecular weight is 471 g/mol. The molecule has 7 heteroatoms. The summed E-state index contributed by atoms with van der Waals surface area (Å²) in [5, 5.41) is 3.48. The predicted octanol–water partition coefficient (Wildman–Crippen LogP) is 1.83. The van der Waals surface area contributed by atoms with Crippen molar-refractivity contribution in [1.82, 2.24) is 10.2 Å². The summed E-state index contributed by atoms with van der Waals surface area (Å²) < 4.78 is 0. The van der Waals surface area contributed by atoms with Gasteiger partial charge in [-0.1, -0.05) is 18.2 Å². The number of benzene rings is 1. The van der Waals surface area contributed by atoms with E-state index in [1.54, 1.807) is 0 Å². The van der Waals surface area contributed by atoms with E-state index in [9.17, 15) is 4.79 Å². The molecule has 0 spiro atoms. The van der Waals surface area contributed by atoms with E-state index < -0.39 is 0 Å². The number of para-hydroxylation sites is 1. The number of guanidine groups is 1. The molecule has 0 aromatic heterocycles. The molecular weight excluding hydrogens is 441 g/mol. The zero-order valence-electron chi connectivity index (χ0n) is 15.5. The van der Waals surface area contributed by atoms with Crippen LogP contribution in [0.2, 0.25) is 0 Å². The van der Waals surface area contributed by atoms with E-state index in [0.29, 0.717) is 0 Å². The number of likely N-dealkylation sites (tertiary alicyclic amines) is 1. The van der Waals surface area contributed by atoms with Gasteiger partial charge in [0.2, 0.25) is 5.91 Å². The van der Waals surface area contributed by atoms with Gasteiger partial charge in [-0.15, -0.1) is 24.0 Å². The first kappa shape index (κ1) is 21.0. The van der Waals surface area contributed by atoms with Gasteiger partial charge in [0, 0.05) is 32.4 Å². The Labute approximate surface area is 173 Å². The standard InChI is InChI=1S/C19H29N5O.HI/c1-21-19(24-13-9-15-6-2-3-8-17(15)24)22-10-5-12-23-11-4-7-16(14-23)18(20)25;/h2-3,6,8,16H,4-5,7,9-14H2,1H3,(H2,20,25)(H,21,22);1H. The maximum atomic E-state index is 11.4. The van der Waals surface area contributed by atoms with E-state index in [0.717, 1.165) is 64.4 Å². The van der Waals surface area contributed by atoms with Crippen molar-refractivity contribution in [3.05, 3.63) is 29.8 Å². The van der Waals surface area contributed by atoms with Crippen molar-refractivity contribution in [2.24, 2.45) is 16.6 Å². The number of primary amides is 1. The number of anilines is 1. The van der Waals surface area contributed by atoms with Gasteiger partial charge in [0.25, 0.3) is 0 Å². The van der Waals surface area contributed by atoms with Crippen molar-refractivity contribution in [3.63, 3.8) is 0 Å². The molecule has 3 rings (SSSR count). The van der Waals surface area contributed by atoms with Gasteiger partial charge in [0.05, 0.1) is 5.92 Å². The first-order valence-corrected chi connectivity index (χ1v) is 9.27. The highest BCUT2D eigenvalue weighted by Gasteiger charge is 2.24. The Morgan fingerprint density at radius 2 is 2.15 bits per heavy atom. The second-order valence-corrected chi connectivity index (χ2v) is 6.90. The van der Waals surface area contributed by atoms with E-state index in [2.05, 4.69) is 44.4 Å². The van der Waals surface area contributed by atoms with Crippen LogP contribution in [-0.2, 0) is 11.2 Å². The molecule has 1 unspecified atom stereocenters. The summed E-state index contributed by atoms with van der Waals surface area (Å²) in [5.74, 6) is 0.810. The molecule has 1 saturated heterocycles. The first-order valence-electron chi connectivity index (χ1n) is 9.27. The molecule has 1 aromatic carbocycles. The number of amides is 1. The molecule has 0 bridgehead atoms. The van der Waals surface area contributed by atoms with Crippen molar-refractivity contribution >= 4 is 41.5 Å². The molecule has 6 nitrogen and oxygen atoms in total. The lowest BCUT2D eigenvalue weighted by molar-refractivity contribution is -0.123. The van der Waals surface area contributed by atoms with E-state index in [4.69, 9.17) is 5.73 Å². The van der Waals surface area contributed by atoms with Crippen LogP contribution in [0.5, 0.6) is 0 Å². The molecule has 0 radical (unpaired) electrons. The fourth-order valence-electron chi connectivity index (χ4n) is 3.85. The van der Waals surface area contributed by atoms with Gasteiger partial charge in [-0.05, 0) is 50.4 Å². The Bertz CT molecular complexity index is 636. The molecule has 2 aliphatic heterocycles. The second kappa shape index (κ2) is 10.1. The number of nitrogens with two attached hydrogens (primary N) is 1. The Morgan fingerprint density at radius 1 is 1.35 bits per heavy atom. The number of nitrogens with zero attached hydrogens (tertiary/aromatic N) is 3. The molecule has 3 N–H and O–H groups in total. The van der Waals surface area contributed by atoms with Gasteiger partial charge >= 0.3 is 0 Å². The number of rotatable bonds is 5. The Balaban J connectivity index is 0.00000243. The zero-order valence-corrected chi connectivity index (χ0v) is 17.8. The predicted molar refractivity (Wildman–Crippen MR) is 117 cm³/mol. The van der Waals surface area contributed by atoms with E-state index in [1.165, 1.54) is 11.3 Å². The minimum absolute atomic E-state index is 0. The lowest BCUT2D eigenvalue weighted by Gasteiger charge is -2.31. The Kier molecular flexibility index (Phi) is 8.15. The number of hydrogen-bond donors (Lipinski definition) is 2. The topological polar surface area (TPSA) is 74.0 Å². The van der Waals surface area contributed by atoms with Crippen LogP contribution in [0.4, 0.5) is 5.69 Å². The number of nitrogens with one attached hydrogen (secondary N) is 1. The fourth-order valence-corrected chi connectivity index (χ4v) is 3.85. The fraction of sp³-hybridized carbons (Fsp3) is 0.579. The number of hydrogen-bond acceptors (Lipinski definition) is 3. The first-order chi connectivity index (χ1) is 12.2. The highest BCUT2D eigenvalue weighted by Crippen LogP contribution is 2.27. The lowest BCUT2D eigenvalue weighted by atomic mass is 9.97. The minimum Gasteiger partial charge on any atom is -0.369 e. The summed E-state index contributed by atoms with van der Waals surface area (Å²) >= 11 is 0. The number of aliphatic imine (C=N–C) groups is 1. The van der Waals surface area contributed by atoms with Crippen molar-refractivity contribution < 1.29 is 4.79 Å². The van der Waals surface area contributed by atoms with Gasteiger partial charge in [-0.2, -0.15) is 0 Å². The van der Waals surface area contributed by atoms with Crippen LogP contribution >= 0.6 is 24.0 Å². The quantitative estimate of drug-likeness (QED) is 0.298. The average Bonchev–Trinajstić information content (AvgIpc) is 3.06. The van der Waals surface area contributed by atoms with Gasteiger partial charge in [-0.3, -0.25) is 9.79 Å². The molecule has 0 aliphatic carbocycles. The number of carbonyl (C=O) groups is 1. The van der Waals surface area contributed by atoms with Gasteiger partial charge < -0.3 is 20.9 Å². The zero-order chi connectivity index (χ0) is 17.6. The monoisotopic (exact) mass is 471 g/mol. The minimum atomic E-state index is -0.157. The van der Waals surface area contributed by atoms with Crippen LogP contribution in [0.1, 0.15) is 24.8 Å². The number of carbonyl (C=O) groups excluding carboxylic acids is 1. The maximum Gasteiger partial charge on any atom is 0.221 e. The number of fused-ring (bicyclic) bond motifs is 1. The highest BCUT2D eigenvalue weighted by molar-refractivity contribution is 14.0. The third-order valence-corrected chi connectivity index (χ3v) is 5.20. The van der Waals surface area contributed by atoms with Gasteiger partial charge in [0.1, 0.15) is 0 Å². The Hall–Kier alpha value is -1.35. The molecule has 1 aromatic rings.